The van der Waals surface area contributed by atoms with Gasteiger partial charge in [0.25, 0.3) is 5.56 Å². The number of halogens is 3. The first-order valence-corrected chi connectivity index (χ1v) is 8.14. The number of alkyl halides is 3. The van der Waals surface area contributed by atoms with Gasteiger partial charge in [-0.05, 0) is 30.7 Å². The molecule has 0 radical (unpaired) electrons. The average Bonchev–Trinajstić information content (AvgIpc) is 2.66. The zero-order valence-corrected chi connectivity index (χ0v) is 14.3. The van der Waals surface area contributed by atoms with Crippen molar-refractivity contribution in [1.29, 1.82) is 0 Å². The lowest BCUT2D eigenvalue weighted by molar-refractivity contribution is -0.137. The number of carbonyl (C=O) groups excluding carboxylic acids is 1. The highest BCUT2D eigenvalue weighted by molar-refractivity contribution is 6.02. The van der Waals surface area contributed by atoms with Crippen molar-refractivity contribution in [2.45, 2.75) is 26.3 Å². The van der Waals surface area contributed by atoms with Gasteiger partial charge in [-0.3, -0.25) is 4.79 Å². The van der Waals surface area contributed by atoms with E-state index in [1.165, 1.54) is 12.1 Å². The number of rotatable bonds is 4. The Morgan fingerprint density at radius 1 is 1.07 bits per heavy atom. The molecule has 0 aliphatic carbocycles. The quantitative estimate of drug-likeness (QED) is 0.650. The molecule has 0 spiro atoms. The van der Waals surface area contributed by atoms with Gasteiger partial charge < -0.3 is 4.74 Å². The zero-order chi connectivity index (χ0) is 19.6. The second-order valence-electron chi connectivity index (χ2n) is 5.79. The van der Waals surface area contributed by atoms with Crippen LogP contribution in [-0.2, 0) is 24.1 Å². The van der Waals surface area contributed by atoms with Crippen LogP contribution in [0.3, 0.4) is 0 Å². The minimum absolute atomic E-state index is 0.0149. The maximum atomic E-state index is 12.6. The fraction of sp³-hybridized carbons (Fsp3) is 0.211. The van der Waals surface area contributed by atoms with Crippen LogP contribution < -0.4 is 5.56 Å². The SMILES string of the molecule is CCn1nc(C(=O)OCc2ccc(C(F)(F)F)cc2)c2ccccc2c1=O. The summed E-state index contributed by atoms with van der Waals surface area (Å²) in [6.45, 7) is 1.79. The van der Waals surface area contributed by atoms with E-state index in [0.717, 1.165) is 16.8 Å². The van der Waals surface area contributed by atoms with Crippen LogP contribution in [0.25, 0.3) is 10.8 Å². The molecular weight excluding hydrogens is 361 g/mol. The maximum Gasteiger partial charge on any atom is 0.416 e. The number of fused-ring (bicyclic) bond motifs is 1. The molecule has 0 atom stereocenters. The summed E-state index contributed by atoms with van der Waals surface area (Å²) in [6.07, 6.45) is -4.42. The minimum atomic E-state index is -4.42. The van der Waals surface area contributed by atoms with Crippen LogP contribution >= 0.6 is 0 Å². The van der Waals surface area contributed by atoms with Gasteiger partial charge in [0.1, 0.15) is 6.61 Å². The summed E-state index contributed by atoms with van der Waals surface area (Å²) >= 11 is 0. The molecule has 3 aromatic rings. The van der Waals surface area contributed by atoms with E-state index in [9.17, 15) is 22.8 Å². The van der Waals surface area contributed by atoms with Crippen LogP contribution in [0, 0.1) is 0 Å². The first-order valence-electron chi connectivity index (χ1n) is 8.14. The van der Waals surface area contributed by atoms with Gasteiger partial charge in [0, 0.05) is 11.9 Å². The highest BCUT2D eigenvalue weighted by atomic mass is 19.4. The third-order valence-corrected chi connectivity index (χ3v) is 4.01. The molecule has 0 aliphatic rings. The van der Waals surface area contributed by atoms with Crippen LogP contribution in [0.1, 0.15) is 28.5 Å². The molecule has 0 N–H and O–H groups in total. The van der Waals surface area contributed by atoms with Crippen molar-refractivity contribution < 1.29 is 22.7 Å². The third-order valence-electron chi connectivity index (χ3n) is 4.01. The molecule has 0 bridgehead atoms. The van der Waals surface area contributed by atoms with Crippen LogP contribution in [0.4, 0.5) is 13.2 Å². The lowest BCUT2D eigenvalue weighted by Gasteiger charge is -2.10. The van der Waals surface area contributed by atoms with E-state index in [2.05, 4.69) is 5.10 Å². The third kappa shape index (κ3) is 3.84. The van der Waals surface area contributed by atoms with Gasteiger partial charge in [0.2, 0.25) is 0 Å². The van der Waals surface area contributed by atoms with Crippen molar-refractivity contribution in [3.05, 3.63) is 75.7 Å². The van der Waals surface area contributed by atoms with Crippen molar-refractivity contribution in [3.8, 4) is 0 Å². The van der Waals surface area contributed by atoms with E-state index < -0.39 is 17.7 Å². The normalized spacial score (nSPS) is 11.6. The van der Waals surface area contributed by atoms with Gasteiger partial charge in [0.15, 0.2) is 5.69 Å². The number of hydrogen-bond acceptors (Lipinski definition) is 4. The first kappa shape index (κ1) is 18.6. The van der Waals surface area contributed by atoms with Gasteiger partial charge in [-0.15, -0.1) is 0 Å². The fourth-order valence-electron chi connectivity index (χ4n) is 2.61. The highest BCUT2D eigenvalue weighted by Gasteiger charge is 2.30. The van der Waals surface area contributed by atoms with Gasteiger partial charge >= 0.3 is 12.1 Å². The van der Waals surface area contributed by atoms with E-state index in [0.29, 0.717) is 16.3 Å². The summed E-state index contributed by atoms with van der Waals surface area (Å²) in [4.78, 5) is 24.7. The number of aryl methyl sites for hydroxylation is 1. The summed E-state index contributed by atoms with van der Waals surface area (Å²) in [5.74, 6) is -0.756. The Hall–Kier alpha value is -3.16. The van der Waals surface area contributed by atoms with Gasteiger partial charge in [0.05, 0.1) is 10.9 Å². The standard InChI is InChI=1S/C19H15F3N2O3/c1-2-24-17(25)15-6-4-3-5-14(15)16(23-24)18(26)27-11-12-7-9-13(10-8-12)19(20,21)22/h3-10H,2,11H2,1H3. The molecular formula is C19H15F3N2O3. The zero-order valence-electron chi connectivity index (χ0n) is 14.3. The molecule has 3 rings (SSSR count). The predicted molar refractivity (Wildman–Crippen MR) is 92.2 cm³/mol. The summed E-state index contributed by atoms with van der Waals surface area (Å²) in [6, 6.07) is 10.9. The molecule has 0 fully saturated rings. The second kappa shape index (κ2) is 7.22. The van der Waals surface area contributed by atoms with E-state index in [4.69, 9.17) is 4.74 Å². The topological polar surface area (TPSA) is 61.2 Å². The maximum absolute atomic E-state index is 12.6. The number of esters is 1. The Morgan fingerprint density at radius 2 is 1.70 bits per heavy atom. The first-order chi connectivity index (χ1) is 12.8. The molecule has 1 heterocycles. The van der Waals surface area contributed by atoms with Gasteiger partial charge in [-0.2, -0.15) is 18.3 Å². The molecule has 1 aromatic heterocycles. The van der Waals surface area contributed by atoms with Crippen molar-refractivity contribution in [2.24, 2.45) is 0 Å². The Kier molecular flexibility index (Phi) is 4.98. The van der Waals surface area contributed by atoms with Crippen molar-refractivity contribution in [2.75, 3.05) is 0 Å². The van der Waals surface area contributed by atoms with Crippen molar-refractivity contribution >= 4 is 16.7 Å². The average molecular weight is 376 g/mol. The Labute approximate surface area is 152 Å². The minimum Gasteiger partial charge on any atom is -0.456 e. The smallest absolute Gasteiger partial charge is 0.416 e. The second-order valence-corrected chi connectivity index (χ2v) is 5.79. The number of carbonyl (C=O) groups is 1. The summed E-state index contributed by atoms with van der Waals surface area (Å²) < 4.78 is 44.1. The lowest BCUT2D eigenvalue weighted by Crippen LogP contribution is -2.25. The molecule has 2 aromatic carbocycles. The molecule has 0 aliphatic heterocycles. The fourth-order valence-corrected chi connectivity index (χ4v) is 2.61. The molecule has 0 unspecified atom stereocenters. The highest BCUT2D eigenvalue weighted by Crippen LogP contribution is 2.29. The monoisotopic (exact) mass is 376 g/mol. The summed E-state index contributed by atoms with van der Waals surface area (Å²) in [5, 5.41) is 4.77. The van der Waals surface area contributed by atoms with E-state index >= 15 is 0 Å². The molecule has 140 valence electrons. The number of nitrogens with zero attached hydrogens (tertiary/aromatic N) is 2. The largest absolute Gasteiger partial charge is 0.456 e. The summed E-state index contributed by atoms with van der Waals surface area (Å²) in [7, 11) is 0. The Bertz CT molecular complexity index is 1040. The van der Waals surface area contributed by atoms with Crippen LogP contribution in [0.2, 0.25) is 0 Å². The molecule has 0 amide bonds. The van der Waals surface area contributed by atoms with E-state index in [1.807, 2.05) is 0 Å². The molecule has 27 heavy (non-hydrogen) atoms. The van der Waals surface area contributed by atoms with E-state index in [1.54, 1.807) is 31.2 Å². The summed E-state index contributed by atoms with van der Waals surface area (Å²) in [5.41, 5.74) is -0.698. The van der Waals surface area contributed by atoms with Crippen molar-refractivity contribution in [3.63, 3.8) is 0 Å². The van der Waals surface area contributed by atoms with Crippen molar-refractivity contribution in [1.82, 2.24) is 9.78 Å². The Balaban J connectivity index is 1.85. The Morgan fingerprint density at radius 3 is 2.30 bits per heavy atom. The number of hydrogen-bond donors (Lipinski definition) is 0. The number of aromatic nitrogens is 2. The van der Waals surface area contributed by atoms with Crippen LogP contribution in [0.5, 0.6) is 0 Å². The molecule has 0 saturated carbocycles. The van der Waals surface area contributed by atoms with Crippen LogP contribution in [0.15, 0.2) is 53.3 Å². The van der Waals surface area contributed by atoms with E-state index in [-0.39, 0.29) is 24.4 Å². The van der Waals surface area contributed by atoms with Gasteiger partial charge in [-0.25, -0.2) is 9.48 Å². The molecule has 0 saturated heterocycles. The van der Waals surface area contributed by atoms with Gasteiger partial charge in [-0.1, -0.05) is 30.3 Å². The molecule has 5 nitrogen and oxygen atoms in total. The van der Waals surface area contributed by atoms with Crippen LogP contribution in [-0.4, -0.2) is 15.7 Å². The predicted octanol–water partition coefficient (Wildman–Crippen LogP) is 3.79. The number of benzene rings is 2. The number of ether oxygens (including phenoxy) is 1. The molecule has 8 heteroatoms. The lowest BCUT2D eigenvalue weighted by atomic mass is 10.1.